The summed E-state index contributed by atoms with van der Waals surface area (Å²) >= 11 is 6.26. The van der Waals surface area contributed by atoms with Gasteiger partial charge in [0.15, 0.2) is 17.0 Å². The Hall–Kier alpha value is -4.50. The van der Waals surface area contributed by atoms with Gasteiger partial charge in [-0.25, -0.2) is 14.6 Å². The summed E-state index contributed by atoms with van der Waals surface area (Å²) in [6, 6.07) is 18.4. The van der Waals surface area contributed by atoms with Gasteiger partial charge in [0, 0.05) is 19.4 Å². The maximum atomic E-state index is 12.2. The summed E-state index contributed by atoms with van der Waals surface area (Å²) < 4.78 is 13.5. The van der Waals surface area contributed by atoms with Crippen LogP contribution in [-0.4, -0.2) is 66.5 Å². The zero-order valence-corrected chi connectivity index (χ0v) is 23.1. The van der Waals surface area contributed by atoms with Crippen molar-refractivity contribution in [3.8, 4) is 12.3 Å². The number of fused-ring (bicyclic) bond motifs is 1. The number of hydrogen-bond acceptors (Lipinski definition) is 8. The number of ether oxygens (including phenoxy) is 2. The molecule has 0 saturated carbocycles. The molecule has 1 aliphatic heterocycles. The van der Waals surface area contributed by atoms with E-state index in [9.17, 15) is 19.8 Å². The van der Waals surface area contributed by atoms with E-state index in [1.807, 2.05) is 30.3 Å². The van der Waals surface area contributed by atoms with Gasteiger partial charge in [-0.3, -0.25) is 4.57 Å². The number of benzene rings is 2. The van der Waals surface area contributed by atoms with E-state index in [1.54, 1.807) is 41.2 Å². The molecule has 42 heavy (non-hydrogen) atoms. The lowest BCUT2D eigenvalue weighted by Crippen LogP contribution is -2.52. The van der Waals surface area contributed by atoms with Crippen molar-refractivity contribution in [3.63, 3.8) is 0 Å². The molecule has 12 heteroatoms. The Labute approximate surface area is 246 Å². The second-order valence-electron chi connectivity index (χ2n) is 9.88. The van der Waals surface area contributed by atoms with Crippen LogP contribution in [0, 0.1) is 18.3 Å². The quantitative estimate of drug-likeness (QED) is 0.126. The highest BCUT2D eigenvalue weighted by atomic mass is 35.5. The summed E-state index contributed by atoms with van der Waals surface area (Å²) in [5, 5.41) is 23.1. The van der Waals surface area contributed by atoms with Crippen LogP contribution in [0.4, 0.5) is 5.82 Å². The number of carboxylic acid groups (broad SMARTS) is 2. The molecule has 1 aliphatic rings. The Morgan fingerprint density at radius 1 is 1.10 bits per heavy atom. The Balaban J connectivity index is 1.32. The van der Waals surface area contributed by atoms with Crippen LogP contribution in [0.5, 0.6) is 0 Å². The molecule has 0 bridgehead atoms. The second kappa shape index (κ2) is 12.6. The molecule has 3 N–H and O–H groups in total. The zero-order valence-electron chi connectivity index (χ0n) is 22.4. The van der Waals surface area contributed by atoms with Crippen LogP contribution in [0.2, 0.25) is 5.28 Å². The summed E-state index contributed by atoms with van der Waals surface area (Å²) in [5.41, 5.74) is 0.0554. The van der Waals surface area contributed by atoms with Crippen LogP contribution in [0.1, 0.15) is 23.8 Å². The summed E-state index contributed by atoms with van der Waals surface area (Å²) in [6.45, 7) is 0.237. The summed E-state index contributed by atoms with van der Waals surface area (Å²) in [5.74, 6) is -0.604. The maximum absolute atomic E-state index is 12.2. The first-order chi connectivity index (χ1) is 20.3. The number of nitrogens with zero attached hydrogens (tertiary/aromatic N) is 4. The first-order valence-electron chi connectivity index (χ1n) is 13.2. The minimum Gasteiger partial charge on any atom is -0.479 e. The number of imidazole rings is 1. The van der Waals surface area contributed by atoms with Gasteiger partial charge in [-0.2, -0.15) is 9.97 Å². The number of aromatic nitrogens is 4. The maximum Gasteiger partial charge on any atom is 0.348 e. The van der Waals surface area contributed by atoms with Crippen molar-refractivity contribution in [3.05, 3.63) is 83.4 Å². The van der Waals surface area contributed by atoms with Crippen molar-refractivity contribution in [1.29, 1.82) is 0 Å². The summed E-state index contributed by atoms with van der Waals surface area (Å²) in [6.07, 6.45) is 6.64. The van der Waals surface area contributed by atoms with Crippen LogP contribution in [-0.2, 0) is 31.9 Å². The van der Waals surface area contributed by atoms with Crippen molar-refractivity contribution >= 4 is 40.5 Å². The fourth-order valence-electron chi connectivity index (χ4n) is 4.95. The number of aliphatic carboxylic acids is 2. The average Bonchev–Trinajstić information content (AvgIpc) is 3.60. The number of nitrogens with one attached hydrogen (secondary N) is 1. The molecular formula is C30H28ClN5O6. The van der Waals surface area contributed by atoms with Crippen LogP contribution >= 0.6 is 11.6 Å². The van der Waals surface area contributed by atoms with Gasteiger partial charge in [-0.15, -0.1) is 12.3 Å². The average molecular weight is 590 g/mol. The smallest absolute Gasteiger partial charge is 0.348 e. The minimum atomic E-state index is -2.52. The van der Waals surface area contributed by atoms with Crippen LogP contribution < -0.4 is 5.32 Å². The van der Waals surface area contributed by atoms with Gasteiger partial charge in [-0.1, -0.05) is 60.7 Å². The molecule has 0 amide bonds. The molecule has 4 aromatic rings. The van der Waals surface area contributed by atoms with Gasteiger partial charge in [0.1, 0.15) is 6.23 Å². The lowest BCUT2D eigenvalue weighted by molar-refractivity contribution is -0.188. The van der Waals surface area contributed by atoms with E-state index in [0.717, 1.165) is 6.42 Å². The number of carbonyl (C=O) groups is 2. The van der Waals surface area contributed by atoms with Gasteiger partial charge in [0.25, 0.3) is 5.60 Å². The molecule has 2 aromatic carbocycles. The van der Waals surface area contributed by atoms with E-state index >= 15 is 0 Å². The third kappa shape index (κ3) is 6.06. The third-order valence-corrected chi connectivity index (χ3v) is 7.35. The standard InChI is InChI=1S/C30H28ClN5O6/c1-2-21-15-23(42-22(21)17-41-30(27(37)38,28(39)40)16-20-11-7-4-8-12-20)36-18-33-24-25(34-29(31)35-26(24)36)32-14-13-19-9-5-3-6-10-19/h1,3-12,18,21-23H,13-17H2,(H,37,38)(H,39,40)(H,32,34,35)/t21-,22-,23-/m1/s1. The Bertz CT molecular complexity index is 1590. The second-order valence-corrected chi connectivity index (χ2v) is 10.2. The lowest BCUT2D eigenvalue weighted by Gasteiger charge is -2.27. The van der Waals surface area contributed by atoms with Gasteiger partial charge in [0.2, 0.25) is 5.28 Å². The van der Waals surface area contributed by atoms with E-state index in [4.69, 9.17) is 27.5 Å². The number of carboxylic acids is 2. The Kier molecular flexibility index (Phi) is 8.68. The molecule has 2 aromatic heterocycles. The summed E-state index contributed by atoms with van der Waals surface area (Å²) in [7, 11) is 0. The molecule has 216 valence electrons. The molecular weight excluding hydrogens is 562 g/mol. The fraction of sp³-hybridized carbons (Fsp3) is 0.300. The third-order valence-electron chi connectivity index (χ3n) is 7.18. The number of halogens is 1. The highest BCUT2D eigenvalue weighted by Gasteiger charge is 2.50. The van der Waals surface area contributed by atoms with E-state index in [0.29, 0.717) is 35.5 Å². The molecule has 1 fully saturated rings. The number of terminal acetylenes is 1. The van der Waals surface area contributed by atoms with Crippen LogP contribution in [0.25, 0.3) is 11.2 Å². The van der Waals surface area contributed by atoms with Gasteiger partial charge in [-0.05, 0) is 29.1 Å². The summed E-state index contributed by atoms with van der Waals surface area (Å²) in [4.78, 5) is 37.6. The van der Waals surface area contributed by atoms with Gasteiger partial charge < -0.3 is 25.0 Å². The lowest BCUT2D eigenvalue weighted by atomic mass is 9.94. The topological polar surface area (TPSA) is 149 Å². The number of anilines is 1. The predicted octanol–water partition coefficient (Wildman–Crippen LogP) is 3.84. The van der Waals surface area contributed by atoms with Crippen molar-refractivity contribution in [2.24, 2.45) is 5.92 Å². The van der Waals surface area contributed by atoms with Crippen molar-refractivity contribution in [2.45, 2.75) is 37.2 Å². The van der Waals surface area contributed by atoms with Gasteiger partial charge in [0.05, 0.1) is 25.0 Å². The molecule has 3 heterocycles. The highest BCUT2D eigenvalue weighted by Crippen LogP contribution is 2.36. The van der Waals surface area contributed by atoms with Gasteiger partial charge >= 0.3 is 11.9 Å². The number of rotatable bonds is 12. The molecule has 0 spiro atoms. The Morgan fingerprint density at radius 3 is 2.40 bits per heavy atom. The molecule has 0 radical (unpaired) electrons. The molecule has 1 saturated heterocycles. The molecule has 5 rings (SSSR count). The molecule has 11 nitrogen and oxygen atoms in total. The van der Waals surface area contributed by atoms with Crippen molar-refractivity contribution < 1.29 is 29.3 Å². The highest BCUT2D eigenvalue weighted by molar-refractivity contribution is 6.28. The van der Waals surface area contributed by atoms with E-state index in [-0.39, 0.29) is 18.3 Å². The first-order valence-corrected chi connectivity index (χ1v) is 13.6. The molecule has 0 aliphatic carbocycles. The van der Waals surface area contributed by atoms with E-state index in [1.165, 1.54) is 5.56 Å². The predicted molar refractivity (Wildman–Crippen MR) is 154 cm³/mol. The molecule has 3 atom stereocenters. The fourth-order valence-corrected chi connectivity index (χ4v) is 5.11. The normalized spacial score (nSPS) is 18.5. The first kappa shape index (κ1) is 29.0. The SMILES string of the molecule is C#C[C@@H]1C[C@H](n2cnc3c(NCCc4ccccc4)nc(Cl)nc32)O[C@@H]1COC(Cc1ccccc1)(C(=O)O)C(=O)O. The van der Waals surface area contributed by atoms with Crippen LogP contribution in [0.15, 0.2) is 67.0 Å². The van der Waals surface area contributed by atoms with E-state index in [2.05, 4.69) is 26.2 Å². The van der Waals surface area contributed by atoms with Crippen LogP contribution in [0.3, 0.4) is 0 Å². The Morgan fingerprint density at radius 2 is 1.76 bits per heavy atom. The molecule has 0 unspecified atom stereocenters. The largest absolute Gasteiger partial charge is 0.479 e. The van der Waals surface area contributed by atoms with E-state index < -0.39 is 35.8 Å². The van der Waals surface area contributed by atoms with Crippen molar-refractivity contribution in [1.82, 2.24) is 19.5 Å². The minimum absolute atomic E-state index is 0.0199. The zero-order chi connectivity index (χ0) is 29.7. The monoisotopic (exact) mass is 589 g/mol. The van der Waals surface area contributed by atoms with Crippen molar-refractivity contribution in [2.75, 3.05) is 18.5 Å². The number of hydrogen-bond donors (Lipinski definition) is 3.